The Kier molecular flexibility index (Phi) is 35.3. The second kappa shape index (κ2) is 30.1. The van der Waals surface area contributed by atoms with E-state index in [2.05, 4.69) is 22.0 Å². The molecule has 0 unspecified atom stereocenters. The molecule has 6 nitrogen and oxygen atoms in total. The summed E-state index contributed by atoms with van der Waals surface area (Å²) in [4.78, 5) is 23.4. The van der Waals surface area contributed by atoms with Gasteiger partial charge >= 0.3 is 0 Å². The van der Waals surface area contributed by atoms with Crippen LogP contribution in [0.15, 0.2) is 36.4 Å². The van der Waals surface area contributed by atoms with Gasteiger partial charge in [0.05, 0.1) is 0 Å². The van der Waals surface area contributed by atoms with Crippen molar-refractivity contribution in [2.45, 2.75) is 121 Å². The summed E-state index contributed by atoms with van der Waals surface area (Å²) in [6.07, 6.45) is 6.36. The average molecular weight is 611 g/mol. The third-order valence-corrected chi connectivity index (χ3v) is 6.35. The molecule has 2 aromatic rings. The van der Waals surface area contributed by atoms with Crippen molar-refractivity contribution >= 4 is 24.2 Å². The SMILES string of the molecule is C.C.CC.CC.CC.CC.CNC(=O)c1cccc2c1CCC[C@@H]2N.CNC(=O)c1cccc2c1CCC[C@@H]2NC.Cl. The fraction of sp³-hybridized carbons (Fsp3) is 0.600. The number of carbonyl (C=O) groups excluding carboxylic acids is 2. The van der Waals surface area contributed by atoms with E-state index in [-0.39, 0.29) is 45.1 Å². The minimum atomic E-state index is -0.0130. The van der Waals surface area contributed by atoms with Crippen molar-refractivity contribution in [3.8, 4) is 0 Å². The standard InChI is InChI=1S/C13H18N2O.C12H16N2O.4C2H6.2CH4.ClH/c1-14-12-8-4-5-9-10(12)6-3-7-11(9)13(16)15-2;1-14-12(15)10-6-2-5-9-8(10)4-3-7-11(9)13;4*1-2;;;/h3,6-7,12,14H,4-5,8H2,1-2H3,(H,15,16);2,5-6,11H,3-4,7,13H2,1H3,(H,14,15);4*1-2H3;2*1H4;1H/t12-;11-;;;;;;;/m00......./s1. The summed E-state index contributed by atoms with van der Waals surface area (Å²) in [5, 5.41) is 8.68. The summed E-state index contributed by atoms with van der Waals surface area (Å²) in [5.74, 6) is 0.00885. The second-order valence-electron chi connectivity index (χ2n) is 8.14. The average Bonchev–Trinajstić information content (AvgIpc) is 3.03. The van der Waals surface area contributed by atoms with Crippen molar-refractivity contribution in [3.05, 3.63) is 69.8 Å². The lowest BCUT2D eigenvalue weighted by Crippen LogP contribution is -2.26. The Morgan fingerprint density at radius 1 is 0.667 bits per heavy atom. The summed E-state index contributed by atoms with van der Waals surface area (Å²) < 4.78 is 0. The maximum absolute atomic E-state index is 11.7. The van der Waals surface area contributed by atoms with Gasteiger partial charge in [0.25, 0.3) is 11.8 Å². The van der Waals surface area contributed by atoms with Crippen molar-refractivity contribution < 1.29 is 9.59 Å². The van der Waals surface area contributed by atoms with E-state index in [9.17, 15) is 9.59 Å². The zero-order chi connectivity index (χ0) is 30.4. The Bertz CT molecular complexity index is 951. The quantitative estimate of drug-likeness (QED) is 0.279. The third kappa shape index (κ3) is 14.2. The topological polar surface area (TPSA) is 96.2 Å². The number of carbonyl (C=O) groups is 2. The maximum atomic E-state index is 11.7. The second-order valence-corrected chi connectivity index (χ2v) is 8.14. The molecule has 0 spiro atoms. The van der Waals surface area contributed by atoms with Crippen LogP contribution >= 0.6 is 12.4 Å². The number of nitrogens with one attached hydrogen (secondary N) is 3. The Hall–Kier alpha value is -2.41. The zero-order valence-corrected chi connectivity index (χ0v) is 28.0. The lowest BCUT2D eigenvalue weighted by molar-refractivity contribution is 0.0953. The van der Waals surface area contributed by atoms with Crippen LogP contribution in [-0.4, -0.2) is 33.0 Å². The molecule has 42 heavy (non-hydrogen) atoms. The van der Waals surface area contributed by atoms with Gasteiger partial charge in [-0.15, -0.1) is 12.4 Å². The largest absolute Gasteiger partial charge is 0.355 e. The summed E-state index contributed by atoms with van der Waals surface area (Å²) in [6, 6.07) is 12.3. The molecule has 2 atom stereocenters. The lowest BCUT2D eigenvalue weighted by atomic mass is 9.84. The van der Waals surface area contributed by atoms with Crippen LogP contribution in [0, 0.1) is 0 Å². The highest BCUT2D eigenvalue weighted by molar-refractivity contribution is 5.96. The highest BCUT2D eigenvalue weighted by atomic mass is 35.5. The fourth-order valence-corrected chi connectivity index (χ4v) is 4.73. The first kappa shape index (κ1) is 49.3. The van der Waals surface area contributed by atoms with Gasteiger partial charge in [0.2, 0.25) is 0 Å². The molecule has 0 radical (unpaired) electrons. The fourth-order valence-electron chi connectivity index (χ4n) is 4.73. The molecular weight excluding hydrogens is 544 g/mol. The van der Waals surface area contributed by atoms with Gasteiger partial charge in [0.1, 0.15) is 0 Å². The molecule has 0 saturated carbocycles. The minimum absolute atomic E-state index is 0. The molecule has 2 aliphatic rings. The first-order valence-electron chi connectivity index (χ1n) is 15.1. The van der Waals surface area contributed by atoms with E-state index in [4.69, 9.17) is 5.73 Å². The highest BCUT2D eigenvalue weighted by Crippen LogP contribution is 2.32. The Labute approximate surface area is 266 Å². The number of fused-ring (bicyclic) bond motifs is 2. The summed E-state index contributed by atoms with van der Waals surface area (Å²) in [5.41, 5.74) is 12.4. The van der Waals surface area contributed by atoms with Crippen LogP contribution in [0.3, 0.4) is 0 Å². The summed E-state index contributed by atoms with van der Waals surface area (Å²) >= 11 is 0. The van der Waals surface area contributed by atoms with Crippen LogP contribution in [0.25, 0.3) is 0 Å². The Morgan fingerprint density at radius 3 is 1.45 bits per heavy atom. The van der Waals surface area contributed by atoms with Gasteiger partial charge in [-0.2, -0.15) is 0 Å². The number of hydrogen-bond acceptors (Lipinski definition) is 4. The molecule has 0 aliphatic heterocycles. The predicted octanol–water partition coefficient (Wildman–Crippen LogP) is 8.82. The predicted molar refractivity (Wildman–Crippen MR) is 190 cm³/mol. The van der Waals surface area contributed by atoms with Crippen LogP contribution in [0.5, 0.6) is 0 Å². The van der Waals surface area contributed by atoms with Gasteiger partial charge in [-0.3, -0.25) is 9.59 Å². The number of hydrogen-bond donors (Lipinski definition) is 4. The normalized spacial score (nSPS) is 14.8. The third-order valence-electron chi connectivity index (χ3n) is 6.35. The Balaban J connectivity index is -0.000000166. The number of nitrogens with two attached hydrogens (primary N) is 1. The molecular formula is C35H67ClN4O2. The molecule has 7 heteroatoms. The minimum Gasteiger partial charge on any atom is -0.355 e. The first-order valence-corrected chi connectivity index (χ1v) is 15.1. The van der Waals surface area contributed by atoms with Crippen LogP contribution in [0.1, 0.15) is 151 Å². The summed E-state index contributed by atoms with van der Waals surface area (Å²) in [7, 11) is 5.32. The van der Waals surface area contributed by atoms with Crippen molar-refractivity contribution in [2.24, 2.45) is 5.73 Å². The van der Waals surface area contributed by atoms with E-state index < -0.39 is 0 Å². The van der Waals surface area contributed by atoms with E-state index in [0.29, 0.717) is 6.04 Å². The van der Waals surface area contributed by atoms with Gasteiger partial charge in [-0.1, -0.05) is 94.5 Å². The van der Waals surface area contributed by atoms with Crippen molar-refractivity contribution in [3.63, 3.8) is 0 Å². The molecule has 0 bridgehead atoms. The number of rotatable bonds is 3. The van der Waals surface area contributed by atoms with Crippen molar-refractivity contribution in [2.75, 3.05) is 21.1 Å². The van der Waals surface area contributed by atoms with Gasteiger partial charge < -0.3 is 21.7 Å². The van der Waals surface area contributed by atoms with E-state index >= 15 is 0 Å². The molecule has 0 saturated heterocycles. The molecule has 0 fully saturated rings. The van der Waals surface area contributed by atoms with Crippen LogP contribution in [-0.2, 0) is 12.8 Å². The summed E-state index contributed by atoms with van der Waals surface area (Å²) in [6.45, 7) is 16.0. The van der Waals surface area contributed by atoms with E-state index in [1.165, 1.54) is 11.1 Å². The van der Waals surface area contributed by atoms with Gasteiger partial charge in [-0.05, 0) is 80.0 Å². The van der Waals surface area contributed by atoms with Gasteiger partial charge in [0, 0.05) is 37.3 Å². The van der Waals surface area contributed by atoms with Gasteiger partial charge in [0.15, 0.2) is 0 Å². The van der Waals surface area contributed by atoms with E-state index in [1.807, 2.05) is 92.8 Å². The lowest BCUT2D eigenvalue weighted by Gasteiger charge is -2.26. The van der Waals surface area contributed by atoms with Gasteiger partial charge in [-0.25, -0.2) is 0 Å². The van der Waals surface area contributed by atoms with Crippen LogP contribution in [0.2, 0.25) is 0 Å². The smallest absolute Gasteiger partial charge is 0.251 e. The van der Waals surface area contributed by atoms with Crippen molar-refractivity contribution in [1.82, 2.24) is 16.0 Å². The number of amides is 2. The molecule has 2 aliphatic carbocycles. The maximum Gasteiger partial charge on any atom is 0.251 e. The molecule has 5 N–H and O–H groups in total. The molecule has 2 aromatic carbocycles. The van der Waals surface area contributed by atoms with Crippen LogP contribution in [0.4, 0.5) is 0 Å². The zero-order valence-electron chi connectivity index (χ0n) is 27.2. The molecule has 246 valence electrons. The molecule has 0 aromatic heterocycles. The Morgan fingerprint density at radius 2 is 1.05 bits per heavy atom. The van der Waals surface area contributed by atoms with Crippen LogP contribution < -0.4 is 21.7 Å². The molecule has 0 heterocycles. The first-order chi connectivity index (χ1) is 19.0. The number of halogens is 1. The van der Waals surface area contributed by atoms with E-state index in [0.717, 1.165) is 60.8 Å². The monoisotopic (exact) mass is 610 g/mol. The molecule has 4 rings (SSSR count). The molecule has 2 amide bonds. The number of benzene rings is 2. The van der Waals surface area contributed by atoms with Crippen molar-refractivity contribution in [1.29, 1.82) is 0 Å². The van der Waals surface area contributed by atoms with E-state index in [1.54, 1.807) is 14.1 Å². The highest BCUT2D eigenvalue weighted by Gasteiger charge is 2.23.